The van der Waals surface area contributed by atoms with Gasteiger partial charge in [-0.15, -0.1) is 0 Å². The molecule has 0 bridgehead atoms. The lowest BCUT2D eigenvalue weighted by molar-refractivity contribution is -0.117. The van der Waals surface area contributed by atoms with Crippen LogP contribution >= 0.6 is 11.6 Å². The first-order valence-electron chi connectivity index (χ1n) is 9.31. The number of nitrogens with zero attached hydrogens (tertiary/aromatic N) is 2. The van der Waals surface area contributed by atoms with Gasteiger partial charge < -0.3 is 10.3 Å². The van der Waals surface area contributed by atoms with E-state index in [-0.39, 0.29) is 17.9 Å². The predicted octanol–water partition coefficient (Wildman–Crippen LogP) is 3.36. The number of hydrogen-bond donors (Lipinski definition) is 2. The molecule has 2 aromatic carbocycles. The van der Waals surface area contributed by atoms with E-state index >= 15 is 0 Å². The SMILES string of the molecule is Cc1c(Cl)ccc2c(=O)c3c([nH]c12)CCN(CC(=O)Nc1cccc(C#N)c1)C3. The van der Waals surface area contributed by atoms with Gasteiger partial charge in [0.1, 0.15) is 0 Å². The van der Waals surface area contributed by atoms with Crippen LogP contribution < -0.4 is 10.7 Å². The molecule has 0 saturated carbocycles. The number of rotatable bonds is 3. The maximum absolute atomic E-state index is 13.0. The van der Waals surface area contributed by atoms with Crippen molar-refractivity contribution in [1.82, 2.24) is 9.88 Å². The van der Waals surface area contributed by atoms with Crippen LogP contribution in [-0.4, -0.2) is 28.9 Å². The van der Waals surface area contributed by atoms with E-state index in [4.69, 9.17) is 16.9 Å². The normalized spacial score (nSPS) is 13.7. The van der Waals surface area contributed by atoms with Gasteiger partial charge in [0.05, 0.1) is 23.7 Å². The zero-order valence-corrected chi connectivity index (χ0v) is 16.6. The van der Waals surface area contributed by atoms with Gasteiger partial charge in [0.15, 0.2) is 5.43 Å². The first kappa shape index (κ1) is 19.2. The second kappa shape index (κ2) is 7.70. The molecular formula is C22H19ClN4O2. The van der Waals surface area contributed by atoms with E-state index < -0.39 is 0 Å². The van der Waals surface area contributed by atoms with Crippen molar-refractivity contribution in [3.05, 3.63) is 74.0 Å². The van der Waals surface area contributed by atoms with Gasteiger partial charge in [-0.05, 0) is 42.8 Å². The molecule has 0 fully saturated rings. The summed E-state index contributed by atoms with van der Waals surface area (Å²) in [6.45, 7) is 3.15. The molecule has 1 aliphatic heterocycles. The van der Waals surface area contributed by atoms with Crippen LogP contribution in [0.2, 0.25) is 5.02 Å². The number of fused-ring (bicyclic) bond motifs is 2. The minimum atomic E-state index is -0.177. The number of amides is 1. The number of pyridine rings is 1. The Hall–Kier alpha value is -3.14. The highest BCUT2D eigenvalue weighted by atomic mass is 35.5. The summed E-state index contributed by atoms with van der Waals surface area (Å²) in [5.41, 5.74) is 4.32. The van der Waals surface area contributed by atoms with E-state index in [0.717, 1.165) is 16.8 Å². The Morgan fingerprint density at radius 2 is 2.17 bits per heavy atom. The average Bonchev–Trinajstić information content (AvgIpc) is 2.71. The van der Waals surface area contributed by atoms with Crippen LogP contribution in [0.25, 0.3) is 10.9 Å². The Balaban J connectivity index is 1.53. The summed E-state index contributed by atoms with van der Waals surface area (Å²) >= 11 is 6.20. The number of aromatic nitrogens is 1. The third-order valence-electron chi connectivity index (χ3n) is 5.26. The number of H-pyrrole nitrogens is 1. The van der Waals surface area contributed by atoms with Crippen molar-refractivity contribution in [2.75, 3.05) is 18.4 Å². The first-order chi connectivity index (χ1) is 14.0. The molecule has 146 valence electrons. The monoisotopic (exact) mass is 406 g/mol. The van der Waals surface area contributed by atoms with Crippen LogP contribution in [0.4, 0.5) is 5.69 Å². The van der Waals surface area contributed by atoms with Crippen LogP contribution in [0.1, 0.15) is 22.4 Å². The second-order valence-corrected chi connectivity index (χ2v) is 7.61. The van der Waals surface area contributed by atoms with E-state index in [9.17, 15) is 9.59 Å². The number of benzene rings is 2. The number of aryl methyl sites for hydroxylation is 1. The number of nitrogens with one attached hydrogen (secondary N) is 2. The van der Waals surface area contributed by atoms with Crippen LogP contribution in [0.3, 0.4) is 0 Å². The van der Waals surface area contributed by atoms with Crippen molar-refractivity contribution in [3.63, 3.8) is 0 Å². The fourth-order valence-corrected chi connectivity index (χ4v) is 3.88. The number of carbonyl (C=O) groups is 1. The van der Waals surface area contributed by atoms with Gasteiger partial charge in [0, 0.05) is 46.9 Å². The molecule has 4 rings (SSSR count). The topological polar surface area (TPSA) is 89.0 Å². The summed E-state index contributed by atoms with van der Waals surface area (Å²) in [5.74, 6) is -0.177. The van der Waals surface area contributed by atoms with Crippen LogP contribution in [0, 0.1) is 18.3 Å². The molecule has 3 aromatic rings. The van der Waals surface area contributed by atoms with Crippen molar-refractivity contribution >= 4 is 34.1 Å². The molecule has 6 nitrogen and oxygen atoms in total. The molecule has 29 heavy (non-hydrogen) atoms. The number of halogens is 1. The third kappa shape index (κ3) is 3.75. The molecule has 0 unspecified atom stereocenters. The summed E-state index contributed by atoms with van der Waals surface area (Å²) in [6.07, 6.45) is 0.656. The minimum Gasteiger partial charge on any atom is -0.358 e. The van der Waals surface area contributed by atoms with Gasteiger partial charge in [-0.25, -0.2) is 0 Å². The second-order valence-electron chi connectivity index (χ2n) is 7.21. The average molecular weight is 407 g/mol. The molecule has 2 heterocycles. The van der Waals surface area contributed by atoms with Gasteiger partial charge in [-0.3, -0.25) is 14.5 Å². The van der Waals surface area contributed by atoms with Gasteiger partial charge >= 0.3 is 0 Å². The van der Waals surface area contributed by atoms with E-state index in [0.29, 0.717) is 46.7 Å². The van der Waals surface area contributed by atoms with Crippen molar-refractivity contribution in [3.8, 4) is 6.07 Å². The quantitative estimate of drug-likeness (QED) is 0.698. The van der Waals surface area contributed by atoms with Gasteiger partial charge in [-0.1, -0.05) is 17.7 Å². The lowest BCUT2D eigenvalue weighted by Gasteiger charge is -2.28. The highest BCUT2D eigenvalue weighted by Gasteiger charge is 2.23. The summed E-state index contributed by atoms with van der Waals surface area (Å²) in [4.78, 5) is 30.8. The molecule has 0 radical (unpaired) electrons. The number of nitriles is 1. The Bertz CT molecular complexity index is 1230. The molecule has 0 aliphatic carbocycles. The largest absolute Gasteiger partial charge is 0.358 e. The fourth-order valence-electron chi connectivity index (χ4n) is 3.72. The van der Waals surface area contributed by atoms with E-state index in [1.54, 1.807) is 36.4 Å². The minimum absolute atomic E-state index is 0.0136. The van der Waals surface area contributed by atoms with E-state index in [1.807, 2.05) is 11.8 Å². The summed E-state index contributed by atoms with van der Waals surface area (Å²) in [6, 6.07) is 12.3. The molecular weight excluding hydrogens is 388 g/mol. The van der Waals surface area contributed by atoms with Gasteiger partial charge in [-0.2, -0.15) is 5.26 Å². The molecule has 0 saturated heterocycles. The molecule has 1 amide bonds. The number of anilines is 1. The van der Waals surface area contributed by atoms with Crippen molar-refractivity contribution in [2.24, 2.45) is 0 Å². The number of hydrogen-bond acceptors (Lipinski definition) is 4. The highest BCUT2D eigenvalue weighted by molar-refractivity contribution is 6.32. The molecule has 1 aromatic heterocycles. The van der Waals surface area contributed by atoms with Crippen molar-refractivity contribution in [1.29, 1.82) is 5.26 Å². The maximum atomic E-state index is 13.0. The standard InChI is InChI=1S/C22H19ClN4O2/c1-13-18(23)6-5-16-21(13)26-19-7-8-27(11-17(19)22(16)29)12-20(28)25-15-4-2-3-14(9-15)10-24/h2-6,9H,7-8,11-12H2,1H3,(H,25,28)(H,26,29). The van der Waals surface area contributed by atoms with Crippen LogP contribution in [0.5, 0.6) is 0 Å². The maximum Gasteiger partial charge on any atom is 0.238 e. The summed E-state index contributed by atoms with van der Waals surface area (Å²) < 4.78 is 0. The Kier molecular flexibility index (Phi) is 5.10. The lowest BCUT2D eigenvalue weighted by atomic mass is 10.0. The van der Waals surface area contributed by atoms with Crippen molar-refractivity contribution < 1.29 is 4.79 Å². The van der Waals surface area contributed by atoms with Crippen LogP contribution in [-0.2, 0) is 17.8 Å². The molecule has 0 atom stereocenters. The molecule has 2 N–H and O–H groups in total. The Labute approximate surface area is 172 Å². The highest BCUT2D eigenvalue weighted by Crippen LogP contribution is 2.25. The Morgan fingerprint density at radius 1 is 1.34 bits per heavy atom. The molecule has 1 aliphatic rings. The van der Waals surface area contributed by atoms with Crippen LogP contribution in [0.15, 0.2) is 41.2 Å². The number of aromatic amines is 1. The number of carbonyl (C=O) groups excluding carboxylic acids is 1. The van der Waals surface area contributed by atoms with E-state index in [2.05, 4.69) is 16.4 Å². The van der Waals surface area contributed by atoms with Crippen molar-refractivity contribution in [2.45, 2.75) is 19.9 Å². The first-order valence-corrected chi connectivity index (χ1v) is 9.69. The zero-order chi connectivity index (χ0) is 20.5. The molecule has 7 heteroatoms. The van der Waals surface area contributed by atoms with Gasteiger partial charge in [0.2, 0.25) is 5.91 Å². The third-order valence-corrected chi connectivity index (χ3v) is 5.67. The Morgan fingerprint density at radius 3 is 2.97 bits per heavy atom. The van der Waals surface area contributed by atoms with Gasteiger partial charge in [0.25, 0.3) is 0 Å². The predicted molar refractivity (Wildman–Crippen MR) is 113 cm³/mol. The zero-order valence-electron chi connectivity index (χ0n) is 15.9. The summed E-state index contributed by atoms with van der Waals surface area (Å²) in [5, 5.41) is 13.0. The smallest absolute Gasteiger partial charge is 0.238 e. The lowest BCUT2D eigenvalue weighted by Crippen LogP contribution is -2.39. The van der Waals surface area contributed by atoms with E-state index in [1.165, 1.54) is 0 Å². The molecule has 0 spiro atoms. The fraction of sp³-hybridized carbons (Fsp3) is 0.227. The summed E-state index contributed by atoms with van der Waals surface area (Å²) in [7, 11) is 0.